The summed E-state index contributed by atoms with van der Waals surface area (Å²) in [4.78, 5) is 11.9. The molecule has 0 unspecified atom stereocenters. The molecule has 0 atom stereocenters. The molecule has 2 aromatic rings. The lowest BCUT2D eigenvalue weighted by Gasteiger charge is -2.10. The third-order valence-electron chi connectivity index (χ3n) is 2.98. The number of allylic oxidation sites excluding steroid dienone is 1. The maximum Gasteiger partial charge on any atom is 0.277 e. The van der Waals surface area contributed by atoms with Gasteiger partial charge in [-0.05, 0) is 62.6 Å². The number of amides is 1. The highest BCUT2D eigenvalue weighted by Crippen LogP contribution is 2.36. The lowest BCUT2D eigenvalue weighted by atomic mass is 10.2. The zero-order chi connectivity index (χ0) is 18.2. The van der Waals surface area contributed by atoms with E-state index < -0.39 is 0 Å². The number of hydrogen-bond donors (Lipinski definition) is 1. The molecule has 2 aromatic carbocycles. The van der Waals surface area contributed by atoms with Gasteiger partial charge in [-0.1, -0.05) is 52.3 Å². The van der Waals surface area contributed by atoms with Gasteiger partial charge in [0.2, 0.25) is 0 Å². The van der Waals surface area contributed by atoms with Gasteiger partial charge in [-0.15, -0.1) is 0 Å². The summed E-state index contributed by atoms with van der Waals surface area (Å²) in [6.07, 6.45) is 3.76. The van der Waals surface area contributed by atoms with E-state index in [1.54, 1.807) is 0 Å². The molecule has 4 nitrogen and oxygen atoms in total. The molecule has 0 aromatic heterocycles. The zero-order valence-electron chi connectivity index (χ0n) is 13.3. The highest BCUT2D eigenvalue weighted by molar-refractivity contribution is 9.11. The van der Waals surface area contributed by atoms with Crippen LogP contribution in [0.3, 0.4) is 0 Å². The Labute approximate surface area is 171 Å². The summed E-state index contributed by atoms with van der Waals surface area (Å²) >= 11 is 10.2. The van der Waals surface area contributed by atoms with Crippen LogP contribution in [-0.4, -0.2) is 18.2 Å². The van der Waals surface area contributed by atoms with Gasteiger partial charge in [0.15, 0.2) is 6.61 Å². The van der Waals surface area contributed by atoms with Crippen LogP contribution in [0.25, 0.3) is 6.08 Å². The van der Waals surface area contributed by atoms with Crippen LogP contribution in [0.1, 0.15) is 12.5 Å². The van der Waals surface area contributed by atoms with Crippen LogP contribution in [-0.2, 0) is 4.79 Å². The van der Waals surface area contributed by atoms with Gasteiger partial charge in [0.1, 0.15) is 5.75 Å². The minimum absolute atomic E-state index is 0.141. The average molecular weight is 531 g/mol. The van der Waals surface area contributed by atoms with Gasteiger partial charge in [-0.2, -0.15) is 5.10 Å². The quantitative estimate of drug-likeness (QED) is 0.393. The van der Waals surface area contributed by atoms with Gasteiger partial charge in [-0.25, -0.2) is 5.43 Å². The van der Waals surface area contributed by atoms with Crippen molar-refractivity contribution in [3.05, 3.63) is 67.5 Å². The minimum Gasteiger partial charge on any atom is -0.481 e. The second kappa shape index (κ2) is 9.89. The molecule has 0 spiro atoms. The molecule has 0 heterocycles. The second-order valence-corrected chi connectivity index (χ2v) is 7.64. The Morgan fingerprint density at radius 3 is 2.44 bits per heavy atom. The number of nitrogens with one attached hydrogen (secondary N) is 1. The zero-order valence-corrected chi connectivity index (χ0v) is 18.1. The van der Waals surface area contributed by atoms with E-state index >= 15 is 0 Å². The molecule has 0 aliphatic heterocycles. The third-order valence-corrected chi connectivity index (χ3v) is 4.62. The first kappa shape index (κ1) is 19.9. The number of carbonyl (C=O) groups is 1. The van der Waals surface area contributed by atoms with Crippen molar-refractivity contribution in [1.82, 2.24) is 5.43 Å². The van der Waals surface area contributed by atoms with E-state index in [1.807, 2.05) is 61.5 Å². The van der Waals surface area contributed by atoms with Crippen LogP contribution in [0.5, 0.6) is 5.75 Å². The van der Waals surface area contributed by atoms with Crippen molar-refractivity contribution in [3.63, 3.8) is 0 Å². The molecular weight excluding hydrogens is 516 g/mol. The first-order valence-electron chi connectivity index (χ1n) is 7.29. The van der Waals surface area contributed by atoms with Crippen molar-refractivity contribution in [1.29, 1.82) is 0 Å². The van der Waals surface area contributed by atoms with Gasteiger partial charge in [-0.3, -0.25) is 4.79 Å². The Morgan fingerprint density at radius 2 is 1.80 bits per heavy atom. The lowest BCUT2D eigenvalue weighted by Crippen LogP contribution is -2.25. The number of hydrogen-bond acceptors (Lipinski definition) is 3. The number of benzene rings is 2. The van der Waals surface area contributed by atoms with Gasteiger partial charge in [0.05, 0.1) is 14.7 Å². The van der Waals surface area contributed by atoms with Crippen LogP contribution in [0.4, 0.5) is 0 Å². The Kier molecular flexibility index (Phi) is 7.87. The van der Waals surface area contributed by atoms with Crippen molar-refractivity contribution in [2.75, 3.05) is 6.61 Å². The molecular formula is C18H15Br3N2O2. The van der Waals surface area contributed by atoms with Gasteiger partial charge in [0, 0.05) is 4.47 Å². The van der Waals surface area contributed by atoms with Crippen molar-refractivity contribution in [2.45, 2.75) is 6.92 Å². The van der Waals surface area contributed by atoms with Gasteiger partial charge < -0.3 is 4.74 Å². The Morgan fingerprint density at radius 1 is 1.16 bits per heavy atom. The molecule has 1 amide bonds. The largest absolute Gasteiger partial charge is 0.481 e. The Hall–Kier alpha value is -1.44. The molecule has 2 rings (SSSR count). The average Bonchev–Trinajstić information content (AvgIpc) is 2.58. The van der Waals surface area contributed by atoms with Crippen LogP contribution in [0, 0.1) is 0 Å². The summed E-state index contributed by atoms with van der Waals surface area (Å²) in [6, 6.07) is 13.5. The van der Waals surface area contributed by atoms with E-state index in [9.17, 15) is 4.79 Å². The van der Waals surface area contributed by atoms with E-state index in [4.69, 9.17) is 4.74 Å². The fourth-order valence-electron chi connectivity index (χ4n) is 1.81. The molecule has 0 saturated heterocycles. The fraction of sp³-hybridized carbons (Fsp3) is 0.111. The van der Waals surface area contributed by atoms with Crippen LogP contribution >= 0.6 is 47.8 Å². The minimum atomic E-state index is -0.339. The molecule has 7 heteroatoms. The highest BCUT2D eigenvalue weighted by Gasteiger charge is 2.10. The second-order valence-electron chi connectivity index (χ2n) is 5.02. The SMILES string of the molecule is CC(/C=C\c1ccccc1)=NNC(=O)COc1c(Br)cc(Br)cc1Br. The standard InChI is InChI=1S/C18H15Br3N2O2/c1-12(7-8-13-5-3-2-4-6-13)22-23-17(24)11-25-18-15(20)9-14(19)10-16(18)21/h2-10H,11H2,1H3,(H,23,24)/b8-7-,22-12?. The third kappa shape index (κ3) is 6.76. The van der Waals surface area contributed by atoms with Gasteiger partial charge in [0.25, 0.3) is 5.91 Å². The Bertz CT molecular complexity index is 782. The first-order valence-corrected chi connectivity index (χ1v) is 9.67. The van der Waals surface area contributed by atoms with Gasteiger partial charge >= 0.3 is 0 Å². The summed E-state index contributed by atoms with van der Waals surface area (Å²) < 4.78 is 7.91. The van der Waals surface area contributed by atoms with E-state index in [2.05, 4.69) is 58.3 Å². The molecule has 0 saturated carbocycles. The predicted molar refractivity (Wildman–Crippen MR) is 112 cm³/mol. The number of hydrazone groups is 1. The Balaban J connectivity index is 1.87. The highest BCUT2D eigenvalue weighted by atomic mass is 79.9. The first-order chi connectivity index (χ1) is 12.0. The number of ether oxygens (including phenoxy) is 1. The summed E-state index contributed by atoms with van der Waals surface area (Å²) in [5.41, 5.74) is 4.22. The topological polar surface area (TPSA) is 50.7 Å². The van der Waals surface area contributed by atoms with Crippen LogP contribution < -0.4 is 10.2 Å². The van der Waals surface area contributed by atoms with E-state index in [0.717, 1.165) is 19.0 Å². The van der Waals surface area contributed by atoms with Crippen LogP contribution in [0.15, 0.2) is 67.1 Å². The summed E-state index contributed by atoms with van der Waals surface area (Å²) in [5, 5.41) is 4.03. The number of halogens is 3. The lowest BCUT2D eigenvalue weighted by molar-refractivity contribution is -0.123. The maximum atomic E-state index is 11.9. The van der Waals surface area contributed by atoms with E-state index in [1.165, 1.54) is 0 Å². The van der Waals surface area contributed by atoms with E-state index in [-0.39, 0.29) is 12.5 Å². The maximum absolute atomic E-state index is 11.9. The van der Waals surface area contributed by atoms with Crippen molar-refractivity contribution < 1.29 is 9.53 Å². The number of nitrogens with zero attached hydrogens (tertiary/aromatic N) is 1. The summed E-state index contributed by atoms with van der Waals surface area (Å²) in [6.45, 7) is 1.67. The number of carbonyl (C=O) groups excluding carboxylic acids is 1. The molecule has 25 heavy (non-hydrogen) atoms. The van der Waals surface area contributed by atoms with Crippen molar-refractivity contribution in [3.8, 4) is 5.75 Å². The van der Waals surface area contributed by atoms with Crippen LogP contribution in [0.2, 0.25) is 0 Å². The van der Waals surface area contributed by atoms with Crippen molar-refractivity contribution in [2.24, 2.45) is 5.10 Å². The molecule has 0 aliphatic rings. The normalized spacial score (nSPS) is 11.6. The molecule has 1 N–H and O–H groups in total. The molecule has 0 fully saturated rings. The van der Waals surface area contributed by atoms with Crippen molar-refractivity contribution >= 4 is 65.5 Å². The molecule has 0 radical (unpaired) electrons. The van der Waals surface area contributed by atoms with E-state index in [0.29, 0.717) is 11.5 Å². The number of rotatable bonds is 6. The summed E-state index contributed by atoms with van der Waals surface area (Å²) in [7, 11) is 0. The molecule has 0 aliphatic carbocycles. The molecule has 0 bridgehead atoms. The molecule has 130 valence electrons. The monoisotopic (exact) mass is 528 g/mol. The predicted octanol–water partition coefficient (Wildman–Crippen LogP) is 5.56. The fourth-order valence-corrected chi connectivity index (χ4v) is 4.29. The summed E-state index contributed by atoms with van der Waals surface area (Å²) in [5.74, 6) is 0.220. The smallest absolute Gasteiger partial charge is 0.277 e.